The summed E-state index contributed by atoms with van der Waals surface area (Å²) in [6.45, 7) is 1.31. The molecule has 0 radical (unpaired) electrons. The van der Waals surface area contributed by atoms with Crippen LogP contribution in [0.15, 0.2) is 54.6 Å². The van der Waals surface area contributed by atoms with E-state index >= 15 is 0 Å². The topological polar surface area (TPSA) is 142 Å². The molecule has 0 saturated heterocycles. The second kappa shape index (κ2) is 13.1. The van der Waals surface area contributed by atoms with Gasteiger partial charge < -0.3 is 14.8 Å². The molecule has 208 valence electrons. The van der Waals surface area contributed by atoms with Crippen molar-refractivity contribution in [2.75, 3.05) is 18.5 Å². The molecule has 1 atom stereocenters. The van der Waals surface area contributed by atoms with Gasteiger partial charge in [-0.1, -0.05) is 42.5 Å². The number of anilines is 1. The number of hydrogen-bond donors (Lipinski definition) is 1. The van der Waals surface area contributed by atoms with E-state index in [0.29, 0.717) is 22.9 Å². The molecule has 0 saturated carbocycles. The lowest BCUT2D eigenvalue weighted by Crippen LogP contribution is -2.19. The first-order valence-corrected chi connectivity index (χ1v) is 13.7. The quantitative estimate of drug-likeness (QED) is 0.144. The molecule has 1 aliphatic rings. The summed E-state index contributed by atoms with van der Waals surface area (Å²) < 4.78 is 10.2. The molecule has 2 aromatic carbocycles. The number of carbonyl (C=O) groups is 4. The van der Waals surface area contributed by atoms with Crippen molar-refractivity contribution in [1.29, 1.82) is 0 Å². The molecule has 0 bridgehead atoms. The smallest absolute Gasteiger partial charge is 0.341 e. The number of Topliss-reactive ketones (excluding diaryl/α,β-unsaturated/α-hetero) is 1. The first-order valence-electron chi connectivity index (χ1n) is 12.9. The van der Waals surface area contributed by atoms with Crippen LogP contribution in [0, 0.1) is 10.1 Å². The zero-order chi connectivity index (χ0) is 28.6. The lowest BCUT2D eigenvalue weighted by Gasteiger charge is -2.23. The Hall–Kier alpha value is -4.38. The molecule has 1 amide bonds. The highest BCUT2D eigenvalue weighted by Gasteiger charge is 2.31. The molecule has 0 unspecified atom stereocenters. The van der Waals surface area contributed by atoms with Gasteiger partial charge in [-0.15, -0.1) is 11.3 Å². The van der Waals surface area contributed by atoms with Gasteiger partial charge in [0.2, 0.25) is 11.7 Å². The predicted octanol–water partition coefficient (Wildman–Crippen LogP) is 5.25. The SMILES string of the molecule is CCOC(=O)c1c(NC(=O)CCC(=O)OCC(=O)c2cccc([N+](=O)[O-])c2)sc2c1CC[C@H](c1ccccc1)C2. The fourth-order valence-corrected chi connectivity index (χ4v) is 5.93. The van der Waals surface area contributed by atoms with Crippen molar-refractivity contribution in [3.8, 4) is 0 Å². The molecule has 3 aromatic rings. The van der Waals surface area contributed by atoms with E-state index in [1.54, 1.807) is 6.92 Å². The molecule has 0 spiro atoms. The summed E-state index contributed by atoms with van der Waals surface area (Å²) >= 11 is 1.35. The van der Waals surface area contributed by atoms with Gasteiger partial charge in [-0.2, -0.15) is 0 Å². The average molecular weight is 565 g/mol. The molecular weight excluding hydrogens is 536 g/mol. The molecule has 1 heterocycles. The number of carbonyl (C=O) groups excluding carboxylic acids is 4. The maximum absolute atomic E-state index is 12.8. The van der Waals surface area contributed by atoms with Crippen LogP contribution in [0.3, 0.4) is 0 Å². The predicted molar refractivity (Wildman–Crippen MR) is 148 cm³/mol. The van der Waals surface area contributed by atoms with Crippen LogP contribution in [0.2, 0.25) is 0 Å². The van der Waals surface area contributed by atoms with Crippen molar-refractivity contribution in [2.45, 2.75) is 44.9 Å². The third-order valence-corrected chi connectivity index (χ3v) is 7.74. The number of nitro groups is 1. The highest BCUT2D eigenvalue weighted by molar-refractivity contribution is 7.17. The zero-order valence-electron chi connectivity index (χ0n) is 21.8. The van der Waals surface area contributed by atoms with Crippen LogP contribution >= 0.6 is 11.3 Å². The number of benzene rings is 2. The largest absolute Gasteiger partial charge is 0.462 e. The second-order valence-electron chi connectivity index (χ2n) is 9.22. The summed E-state index contributed by atoms with van der Waals surface area (Å²) in [5.41, 5.74) is 2.29. The number of nitrogens with one attached hydrogen (secondary N) is 1. The van der Waals surface area contributed by atoms with E-state index in [1.807, 2.05) is 18.2 Å². The van der Waals surface area contributed by atoms with Gasteiger partial charge in [0.1, 0.15) is 5.00 Å². The van der Waals surface area contributed by atoms with Crippen LogP contribution in [0.1, 0.15) is 68.8 Å². The maximum atomic E-state index is 12.8. The fraction of sp³-hybridized carbons (Fsp3) is 0.310. The summed E-state index contributed by atoms with van der Waals surface area (Å²) in [6, 6.07) is 15.3. The molecule has 40 heavy (non-hydrogen) atoms. The van der Waals surface area contributed by atoms with Crippen molar-refractivity contribution in [3.05, 3.63) is 91.8 Å². The second-order valence-corrected chi connectivity index (χ2v) is 10.3. The number of esters is 2. The van der Waals surface area contributed by atoms with Crippen molar-refractivity contribution in [1.82, 2.24) is 0 Å². The van der Waals surface area contributed by atoms with E-state index in [4.69, 9.17) is 9.47 Å². The summed E-state index contributed by atoms with van der Waals surface area (Å²) in [7, 11) is 0. The fourth-order valence-electron chi connectivity index (χ4n) is 4.60. The van der Waals surface area contributed by atoms with Gasteiger partial charge in [-0.05, 0) is 43.2 Å². The first kappa shape index (κ1) is 28.6. The van der Waals surface area contributed by atoms with E-state index in [1.165, 1.54) is 35.1 Å². The van der Waals surface area contributed by atoms with Gasteiger partial charge in [0.25, 0.3) is 5.69 Å². The molecule has 0 aliphatic heterocycles. The molecule has 10 nitrogen and oxygen atoms in total. The van der Waals surface area contributed by atoms with Crippen molar-refractivity contribution >= 4 is 45.7 Å². The highest BCUT2D eigenvalue weighted by Crippen LogP contribution is 2.42. The number of non-ortho nitro benzene ring substituents is 1. The van der Waals surface area contributed by atoms with Crippen LogP contribution in [-0.2, 0) is 31.9 Å². The van der Waals surface area contributed by atoms with Gasteiger partial charge in [0.05, 0.1) is 23.5 Å². The summed E-state index contributed by atoms with van der Waals surface area (Å²) in [4.78, 5) is 61.2. The summed E-state index contributed by atoms with van der Waals surface area (Å²) in [6.07, 6.45) is 1.79. The van der Waals surface area contributed by atoms with Crippen LogP contribution < -0.4 is 5.32 Å². The third-order valence-electron chi connectivity index (χ3n) is 6.57. The van der Waals surface area contributed by atoms with E-state index in [2.05, 4.69) is 17.4 Å². The van der Waals surface area contributed by atoms with Gasteiger partial charge in [0, 0.05) is 29.0 Å². The monoisotopic (exact) mass is 564 g/mol. The number of nitro benzene ring substituents is 1. The average Bonchev–Trinajstić information content (AvgIpc) is 3.32. The Morgan fingerprint density at radius 3 is 2.55 bits per heavy atom. The third kappa shape index (κ3) is 6.97. The Morgan fingerprint density at radius 1 is 1.05 bits per heavy atom. The lowest BCUT2D eigenvalue weighted by molar-refractivity contribution is -0.384. The molecule has 1 N–H and O–H groups in total. The number of ether oxygens (including phenoxy) is 2. The Labute approximate surface area is 234 Å². The van der Waals surface area contributed by atoms with Crippen molar-refractivity contribution < 1.29 is 33.6 Å². The molecule has 1 aliphatic carbocycles. The first-order chi connectivity index (χ1) is 19.3. The number of fused-ring (bicyclic) bond motifs is 1. The number of hydrogen-bond acceptors (Lipinski definition) is 9. The Balaban J connectivity index is 1.36. The van der Waals surface area contributed by atoms with E-state index < -0.39 is 35.2 Å². The number of rotatable bonds is 11. The van der Waals surface area contributed by atoms with Crippen LogP contribution in [-0.4, -0.2) is 41.8 Å². The Kier molecular flexibility index (Phi) is 9.39. The van der Waals surface area contributed by atoms with E-state index in [0.717, 1.165) is 29.3 Å². The highest BCUT2D eigenvalue weighted by atomic mass is 32.1. The van der Waals surface area contributed by atoms with Gasteiger partial charge >= 0.3 is 11.9 Å². The van der Waals surface area contributed by atoms with Crippen molar-refractivity contribution in [2.24, 2.45) is 0 Å². The Morgan fingerprint density at radius 2 is 1.82 bits per heavy atom. The number of ketones is 1. The summed E-state index contributed by atoms with van der Waals surface area (Å²) in [5, 5.41) is 14.1. The molecule has 1 aromatic heterocycles. The van der Waals surface area contributed by atoms with Crippen LogP contribution in [0.25, 0.3) is 0 Å². The summed E-state index contributed by atoms with van der Waals surface area (Å²) in [5.74, 6) is -2.03. The molecule has 11 heteroatoms. The normalized spacial score (nSPS) is 14.1. The number of amides is 1. The number of nitrogens with zero attached hydrogens (tertiary/aromatic N) is 1. The van der Waals surface area contributed by atoms with Crippen LogP contribution in [0.5, 0.6) is 0 Å². The van der Waals surface area contributed by atoms with Gasteiger partial charge in [-0.3, -0.25) is 24.5 Å². The van der Waals surface area contributed by atoms with E-state index in [-0.39, 0.29) is 30.7 Å². The minimum atomic E-state index is -0.768. The van der Waals surface area contributed by atoms with Crippen LogP contribution in [0.4, 0.5) is 10.7 Å². The minimum Gasteiger partial charge on any atom is -0.462 e. The molecule has 4 rings (SSSR count). The zero-order valence-corrected chi connectivity index (χ0v) is 22.7. The molecular formula is C29H28N2O8S. The van der Waals surface area contributed by atoms with E-state index in [9.17, 15) is 29.3 Å². The lowest BCUT2D eigenvalue weighted by atomic mass is 9.83. The Bertz CT molecular complexity index is 1430. The number of thiophene rings is 1. The standard InChI is InChI=1S/C29H28N2O8S/c1-2-38-29(35)27-22-12-11-19(18-7-4-3-5-8-18)16-24(22)40-28(27)30-25(33)13-14-26(34)39-17-23(32)20-9-6-10-21(15-20)31(36)37/h3-10,15,19H,2,11-14,16-17H2,1H3,(H,30,33)/t19-/m0/s1. The minimum absolute atomic E-state index is 0.0439. The maximum Gasteiger partial charge on any atom is 0.341 e. The van der Waals surface area contributed by atoms with Crippen molar-refractivity contribution in [3.63, 3.8) is 0 Å². The van der Waals surface area contributed by atoms with Gasteiger partial charge in [-0.25, -0.2) is 4.79 Å². The van der Waals surface area contributed by atoms with Gasteiger partial charge in [0.15, 0.2) is 6.61 Å². The molecule has 0 fully saturated rings.